The molecule has 0 aliphatic carbocycles. The van der Waals surface area contributed by atoms with Crippen molar-refractivity contribution in [3.63, 3.8) is 0 Å². The molecule has 1 rings (SSSR count). The fourth-order valence-electron chi connectivity index (χ4n) is 1.37. The average Bonchev–Trinajstić information content (AvgIpc) is 2.33. The summed E-state index contributed by atoms with van der Waals surface area (Å²) in [6.07, 6.45) is -6.92. The zero-order chi connectivity index (χ0) is 16.3. The maximum Gasteiger partial charge on any atom is 0.450 e. The molecule has 0 aliphatic heterocycles. The van der Waals surface area contributed by atoms with Crippen LogP contribution in [0, 0.1) is 0 Å². The minimum atomic E-state index is -4.91. The summed E-state index contributed by atoms with van der Waals surface area (Å²) >= 11 is 5.73. The van der Waals surface area contributed by atoms with Crippen molar-refractivity contribution in [2.45, 2.75) is 45.1 Å². The summed E-state index contributed by atoms with van der Waals surface area (Å²) < 4.78 is 37.2. The summed E-state index contributed by atoms with van der Waals surface area (Å²) in [7, 11) is 0. The summed E-state index contributed by atoms with van der Waals surface area (Å²) in [4.78, 5) is 21.2. The fourth-order valence-corrected chi connectivity index (χ4v) is 1.50. The van der Waals surface area contributed by atoms with Crippen LogP contribution in [0.15, 0.2) is 24.3 Å². The molecule has 1 aromatic rings. The van der Waals surface area contributed by atoms with E-state index in [1.54, 1.807) is 20.8 Å². The molecule has 0 amide bonds. The lowest BCUT2D eigenvalue weighted by Crippen LogP contribution is -2.27. The molecule has 0 spiro atoms. The first kappa shape index (κ1) is 17.9. The van der Waals surface area contributed by atoms with Crippen LogP contribution in [0.2, 0.25) is 5.02 Å². The molecule has 118 valence electrons. The van der Waals surface area contributed by atoms with Crippen LogP contribution in [0.1, 0.15) is 38.9 Å². The van der Waals surface area contributed by atoms with Gasteiger partial charge in [-0.2, -0.15) is 13.2 Å². The Morgan fingerprint density at radius 2 is 1.71 bits per heavy atom. The van der Waals surface area contributed by atoms with Gasteiger partial charge in [0.05, 0.1) is 5.60 Å². The summed E-state index contributed by atoms with van der Waals surface area (Å²) in [5, 5.41) is 0.427. The van der Waals surface area contributed by atoms with Gasteiger partial charge in [0, 0.05) is 11.4 Å². The van der Waals surface area contributed by atoms with Crippen LogP contribution >= 0.6 is 11.6 Å². The monoisotopic (exact) mass is 324 g/mol. The Kier molecular flexibility index (Phi) is 5.78. The minimum Gasteiger partial charge on any atom is -0.289 e. The van der Waals surface area contributed by atoms with Crippen molar-refractivity contribution in [1.82, 2.24) is 0 Å². The van der Waals surface area contributed by atoms with E-state index < -0.39 is 30.1 Å². The Morgan fingerprint density at radius 1 is 1.19 bits per heavy atom. The standard InChI is InChI=1S/C14H16ClF3O3/c1-13(2,3)21-20-11(8-12(19)14(16,17)18)9-4-6-10(15)7-5-9/h4-7,11H,8H2,1-3H3/t11-/m0/s1. The molecule has 0 fully saturated rings. The van der Waals surface area contributed by atoms with Gasteiger partial charge in [0.25, 0.3) is 0 Å². The number of rotatable bonds is 5. The topological polar surface area (TPSA) is 35.5 Å². The molecule has 0 heterocycles. The van der Waals surface area contributed by atoms with Crippen LogP contribution in [0.4, 0.5) is 13.2 Å². The number of hydrogen-bond acceptors (Lipinski definition) is 3. The molecule has 1 aromatic carbocycles. The summed E-state index contributed by atoms with van der Waals surface area (Å²) in [5.74, 6) is -1.88. The van der Waals surface area contributed by atoms with Crippen LogP contribution < -0.4 is 0 Å². The van der Waals surface area contributed by atoms with Crippen molar-refractivity contribution in [3.05, 3.63) is 34.9 Å². The first-order valence-electron chi connectivity index (χ1n) is 6.19. The number of hydrogen-bond donors (Lipinski definition) is 0. The normalized spacial score (nSPS) is 14.0. The van der Waals surface area contributed by atoms with Crippen LogP contribution in [0.25, 0.3) is 0 Å². The molecule has 7 heteroatoms. The van der Waals surface area contributed by atoms with Crippen molar-refractivity contribution in [2.24, 2.45) is 0 Å². The van der Waals surface area contributed by atoms with Gasteiger partial charge in [0.2, 0.25) is 5.78 Å². The van der Waals surface area contributed by atoms with E-state index in [2.05, 4.69) is 0 Å². The molecule has 0 bridgehead atoms. The second kappa shape index (κ2) is 6.77. The summed E-state index contributed by atoms with van der Waals surface area (Å²) in [6, 6.07) is 5.98. The lowest BCUT2D eigenvalue weighted by atomic mass is 10.0. The third-order valence-corrected chi connectivity index (χ3v) is 2.59. The van der Waals surface area contributed by atoms with Gasteiger partial charge >= 0.3 is 6.18 Å². The highest BCUT2D eigenvalue weighted by Crippen LogP contribution is 2.29. The molecule has 0 saturated heterocycles. The van der Waals surface area contributed by atoms with E-state index in [9.17, 15) is 18.0 Å². The van der Waals surface area contributed by atoms with E-state index >= 15 is 0 Å². The maximum atomic E-state index is 12.4. The SMILES string of the molecule is CC(C)(C)OO[C@@H](CC(=O)C(F)(F)F)c1ccc(Cl)cc1. The van der Waals surface area contributed by atoms with Gasteiger partial charge in [-0.15, -0.1) is 0 Å². The number of ketones is 1. The van der Waals surface area contributed by atoms with Crippen LogP contribution in [-0.2, 0) is 14.6 Å². The lowest BCUT2D eigenvalue weighted by Gasteiger charge is -2.23. The van der Waals surface area contributed by atoms with Crippen molar-refractivity contribution in [1.29, 1.82) is 0 Å². The molecule has 21 heavy (non-hydrogen) atoms. The Morgan fingerprint density at radius 3 is 2.14 bits per heavy atom. The fraction of sp³-hybridized carbons (Fsp3) is 0.500. The highest BCUT2D eigenvalue weighted by Gasteiger charge is 2.40. The smallest absolute Gasteiger partial charge is 0.289 e. The van der Waals surface area contributed by atoms with Gasteiger partial charge in [-0.25, -0.2) is 9.78 Å². The van der Waals surface area contributed by atoms with Crippen LogP contribution in [-0.4, -0.2) is 17.6 Å². The van der Waals surface area contributed by atoms with Crippen molar-refractivity contribution in [2.75, 3.05) is 0 Å². The average molecular weight is 325 g/mol. The van der Waals surface area contributed by atoms with Crippen LogP contribution in [0.5, 0.6) is 0 Å². The zero-order valence-electron chi connectivity index (χ0n) is 11.8. The van der Waals surface area contributed by atoms with E-state index in [0.717, 1.165) is 0 Å². The van der Waals surface area contributed by atoms with E-state index in [-0.39, 0.29) is 0 Å². The first-order valence-corrected chi connectivity index (χ1v) is 6.57. The van der Waals surface area contributed by atoms with E-state index in [4.69, 9.17) is 21.4 Å². The maximum absolute atomic E-state index is 12.4. The number of carbonyl (C=O) groups is 1. The third kappa shape index (κ3) is 6.46. The van der Waals surface area contributed by atoms with Crippen molar-refractivity contribution >= 4 is 17.4 Å². The van der Waals surface area contributed by atoms with Gasteiger partial charge in [0.1, 0.15) is 6.10 Å². The first-order chi connectivity index (χ1) is 9.49. The highest BCUT2D eigenvalue weighted by molar-refractivity contribution is 6.30. The van der Waals surface area contributed by atoms with Gasteiger partial charge in [0.15, 0.2) is 0 Å². The predicted molar refractivity (Wildman–Crippen MR) is 71.8 cm³/mol. The van der Waals surface area contributed by atoms with Crippen molar-refractivity contribution in [3.8, 4) is 0 Å². The molecular weight excluding hydrogens is 309 g/mol. The molecule has 1 atom stereocenters. The molecule has 0 saturated carbocycles. The molecule has 0 aliphatic rings. The van der Waals surface area contributed by atoms with Gasteiger partial charge < -0.3 is 0 Å². The number of alkyl halides is 3. The third-order valence-electron chi connectivity index (χ3n) is 2.34. The summed E-state index contributed by atoms with van der Waals surface area (Å²) in [6.45, 7) is 5.03. The summed E-state index contributed by atoms with van der Waals surface area (Å²) in [5.41, 5.74) is -0.340. The second-order valence-corrected chi connectivity index (χ2v) is 5.89. The van der Waals surface area contributed by atoms with E-state index in [1.807, 2.05) is 0 Å². The van der Waals surface area contributed by atoms with Crippen molar-refractivity contribution < 1.29 is 27.7 Å². The Bertz CT molecular complexity index is 478. The molecule has 0 N–H and O–H groups in total. The number of benzene rings is 1. The van der Waals surface area contributed by atoms with Gasteiger partial charge in [-0.05, 0) is 38.5 Å². The molecule has 0 unspecified atom stereocenters. The number of Topliss-reactive ketones (excluding diaryl/α,β-unsaturated/α-hetero) is 1. The van der Waals surface area contributed by atoms with E-state index in [0.29, 0.717) is 10.6 Å². The molecule has 3 nitrogen and oxygen atoms in total. The minimum absolute atomic E-state index is 0.376. The number of carbonyl (C=O) groups excluding carboxylic acids is 1. The predicted octanol–water partition coefficient (Wildman–Crippen LogP) is 4.65. The largest absolute Gasteiger partial charge is 0.450 e. The Balaban J connectivity index is 2.89. The van der Waals surface area contributed by atoms with E-state index in [1.165, 1.54) is 24.3 Å². The van der Waals surface area contributed by atoms with Crippen LogP contribution in [0.3, 0.4) is 0 Å². The van der Waals surface area contributed by atoms with Gasteiger partial charge in [-0.3, -0.25) is 4.79 Å². The van der Waals surface area contributed by atoms with Gasteiger partial charge in [-0.1, -0.05) is 23.7 Å². The molecular formula is C14H16ClF3O3. The second-order valence-electron chi connectivity index (χ2n) is 5.46. The molecule has 0 aromatic heterocycles. The highest BCUT2D eigenvalue weighted by atomic mass is 35.5. The zero-order valence-corrected chi connectivity index (χ0v) is 12.6. The Labute approximate surface area is 125 Å². The lowest BCUT2D eigenvalue weighted by molar-refractivity contribution is -0.376. The molecule has 0 radical (unpaired) electrons. The number of halogens is 4. The Hall–Kier alpha value is -1.11. The quantitative estimate of drug-likeness (QED) is 0.584.